The van der Waals surface area contributed by atoms with Crippen LogP contribution in [-0.2, 0) is 11.3 Å². The second kappa shape index (κ2) is 9.72. The molecule has 0 fully saturated rings. The second-order valence-corrected chi connectivity index (χ2v) is 6.82. The van der Waals surface area contributed by atoms with Gasteiger partial charge in [0.1, 0.15) is 0 Å². The Morgan fingerprint density at radius 3 is 2.35 bits per heavy atom. The van der Waals surface area contributed by atoms with E-state index >= 15 is 0 Å². The second-order valence-electron chi connectivity index (χ2n) is 6.04. The van der Waals surface area contributed by atoms with E-state index in [-0.39, 0.29) is 17.7 Å². The van der Waals surface area contributed by atoms with Crippen molar-refractivity contribution >= 4 is 29.1 Å². The van der Waals surface area contributed by atoms with Gasteiger partial charge in [0, 0.05) is 50.1 Å². The minimum Gasteiger partial charge on any atom is -0.352 e. The van der Waals surface area contributed by atoms with Crippen molar-refractivity contribution in [1.82, 2.24) is 15.5 Å². The lowest BCUT2D eigenvalue weighted by Gasteiger charge is -2.11. The van der Waals surface area contributed by atoms with E-state index in [1.807, 2.05) is 17.5 Å². The molecule has 0 aliphatic rings. The van der Waals surface area contributed by atoms with E-state index in [4.69, 9.17) is 0 Å². The zero-order chi connectivity index (χ0) is 18.9. The number of nitrogens with one attached hydrogen (secondary N) is 2. The Morgan fingerprint density at radius 2 is 1.73 bits per heavy atom. The van der Waals surface area contributed by atoms with Gasteiger partial charge in [-0.25, -0.2) is 0 Å². The first-order valence-corrected chi connectivity index (χ1v) is 9.29. The van der Waals surface area contributed by atoms with Gasteiger partial charge in [-0.1, -0.05) is 12.1 Å². The molecule has 0 spiro atoms. The minimum absolute atomic E-state index is 0.0508. The molecule has 2 aromatic rings. The molecule has 0 atom stereocenters. The van der Waals surface area contributed by atoms with Gasteiger partial charge >= 0.3 is 0 Å². The molecular formula is C19H23N3O3S. The third-order valence-electron chi connectivity index (χ3n) is 3.75. The van der Waals surface area contributed by atoms with E-state index in [1.54, 1.807) is 37.7 Å². The van der Waals surface area contributed by atoms with Crippen molar-refractivity contribution in [2.45, 2.75) is 19.4 Å². The van der Waals surface area contributed by atoms with Gasteiger partial charge < -0.3 is 15.5 Å². The van der Waals surface area contributed by atoms with Gasteiger partial charge in [0.15, 0.2) is 0 Å². The molecule has 3 amide bonds. The summed E-state index contributed by atoms with van der Waals surface area (Å²) < 4.78 is 0. The van der Waals surface area contributed by atoms with Gasteiger partial charge in [0.25, 0.3) is 11.8 Å². The summed E-state index contributed by atoms with van der Waals surface area (Å²) in [6.45, 7) is 0.875. The summed E-state index contributed by atoms with van der Waals surface area (Å²) in [6, 6.07) is 8.94. The van der Waals surface area contributed by atoms with Crippen LogP contribution < -0.4 is 10.6 Å². The Kier molecular flexibility index (Phi) is 7.35. The first kappa shape index (κ1) is 19.7. The fraction of sp³-hybridized carbons (Fsp3) is 0.316. The van der Waals surface area contributed by atoms with Crippen LogP contribution in [0.4, 0.5) is 0 Å². The van der Waals surface area contributed by atoms with Gasteiger partial charge in [0.05, 0.1) is 0 Å². The van der Waals surface area contributed by atoms with E-state index in [0.717, 1.165) is 5.56 Å². The molecule has 7 heteroatoms. The van der Waals surface area contributed by atoms with Crippen molar-refractivity contribution in [2.75, 3.05) is 20.6 Å². The number of benzene rings is 1. The van der Waals surface area contributed by atoms with Crippen LogP contribution in [0.15, 0.2) is 41.1 Å². The summed E-state index contributed by atoms with van der Waals surface area (Å²) >= 11 is 1.47. The van der Waals surface area contributed by atoms with Crippen molar-refractivity contribution in [2.24, 2.45) is 0 Å². The molecule has 1 heterocycles. The molecule has 1 aromatic heterocycles. The predicted molar refractivity (Wildman–Crippen MR) is 102 cm³/mol. The summed E-state index contributed by atoms with van der Waals surface area (Å²) in [5, 5.41) is 9.28. The van der Waals surface area contributed by atoms with Crippen molar-refractivity contribution in [1.29, 1.82) is 0 Å². The number of hydrogen-bond donors (Lipinski definition) is 2. The molecule has 0 radical (unpaired) electrons. The van der Waals surface area contributed by atoms with Gasteiger partial charge in [0.2, 0.25) is 5.91 Å². The molecule has 2 N–H and O–H groups in total. The number of hydrogen-bond acceptors (Lipinski definition) is 4. The molecular weight excluding hydrogens is 350 g/mol. The Hall–Kier alpha value is -2.67. The van der Waals surface area contributed by atoms with Crippen LogP contribution in [0.25, 0.3) is 0 Å². The number of carbonyl (C=O) groups excluding carboxylic acids is 3. The molecule has 0 saturated heterocycles. The minimum atomic E-state index is -0.112. The fourth-order valence-electron chi connectivity index (χ4n) is 2.26. The van der Waals surface area contributed by atoms with Crippen molar-refractivity contribution in [3.63, 3.8) is 0 Å². The Labute approximate surface area is 157 Å². The molecule has 0 bridgehead atoms. The van der Waals surface area contributed by atoms with Crippen molar-refractivity contribution in [3.05, 3.63) is 57.8 Å². The average molecular weight is 373 g/mol. The summed E-state index contributed by atoms with van der Waals surface area (Å²) in [5.41, 5.74) is 2.20. The van der Waals surface area contributed by atoms with Crippen LogP contribution in [0.5, 0.6) is 0 Å². The molecule has 0 unspecified atom stereocenters. The van der Waals surface area contributed by atoms with Crippen LogP contribution in [0.1, 0.15) is 39.1 Å². The van der Waals surface area contributed by atoms with Gasteiger partial charge in [-0.2, -0.15) is 11.3 Å². The van der Waals surface area contributed by atoms with E-state index in [9.17, 15) is 14.4 Å². The largest absolute Gasteiger partial charge is 0.352 e. The fourth-order valence-corrected chi connectivity index (χ4v) is 2.89. The van der Waals surface area contributed by atoms with E-state index in [2.05, 4.69) is 10.6 Å². The lowest BCUT2D eigenvalue weighted by molar-refractivity contribution is -0.121. The summed E-state index contributed by atoms with van der Waals surface area (Å²) in [7, 11) is 3.42. The molecule has 0 aliphatic carbocycles. The smallest absolute Gasteiger partial charge is 0.253 e. The Morgan fingerprint density at radius 1 is 1.00 bits per heavy atom. The highest BCUT2D eigenvalue weighted by molar-refractivity contribution is 7.08. The molecule has 2 rings (SSSR count). The third-order valence-corrected chi connectivity index (χ3v) is 4.43. The van der Waals surface area contributed by atoms with Crippen LogP contribution in [0.2, 0.25) is 0 Å². The molecule has 26 heavy (non-hydrogen) atoms. The normalized spacial score (nSPS) is 10.2. The first-order chi connectivity index (χ1) is 12.5. The van der Waals surface area contributed by atoms with Gasteiger partial charge in [-0.3, -0.25) is 14.4 Å². The molecule has 0 saturated carbocycles. The number of carbonyl (C=O) groups is 3. The highest BCUT2D eigenvalue weighted by Gasteiger charge is 2.08. The molecule has 138 valence electrons. The quantitative estimate of drug-likeness (QED) is 0.697. The lowest BCUT2D eigenvalue weighted by Crippen LogP contribution is -2.27. The molecule has 0 aliphatic heterocycles. The summed E-state index contributed by atoms with van der Waals surface area (Å²) in [5.74, 6) is -0.229. The highest BCUT2D eigenvalue weighted by atomic mass is 32.1. The first-order valence-electron chi connectivity index (χ1n) is 8.35. The number of thiophene rings is 1. The lowest BCUT2D eigenvalue weighted by atomic mass is 10.1. The monoisotopic (exact) mass is 373 g/mol. The van der Waals surface area contributed by atoms with Crippen molar-refractivity contribution < 1.29 is 14.4 Å². The maximum absolute atomic E-state index is 11.9. The van der Waals surface area contributed by atoms with Crippen LogP contribution in [-0.4, -0.2) is 43.3 Å². The number of amides is 3. The molecule has 1 aromatic carbocycles. The van der Waals surface area contributed by atoms with Crippen molar-refractivity contribution in [3.8, 4) is 0 Å². The zero-order valence-electron chi connectivity index (χ0n) is 15.0. The van der Waals surface area contributed by atoms with Crippen LogP contribution in [0.3, 0.4) is 0 Å². The number of rotatable bonds is 8. The van der Waals surface area contributed by atoms with Crippen LogP contribution in [0, 0.1) is 0 Å². The van der Waals surface area contributed by atoms with Gasteiger partial charge in [-0.05, 0) is 35.6 Å². The Bertz CT molecular complexity index is 740. The zero-order valence-corrected chi connectivity index (χ0v) is 15.8. The van der Waals surface area contributed by atoms with E-state index in [1.165, 1.54) is 16.2 Å². The topological polar surface area (TPSA) is 78.5 Å². The highest BCUT2D eigenvalue weighted by Crippen LogP contribution is 2.07. The number of nitrogens with zero attached hydrogens (tertiary/aromatic N) is 1. The standard InChI is InChI=1S/C19H23N3O3S/c1-22(2)19(25)15-7-5-14(6-8-15)12-21-17(23)4-3-10-20-18(24)16-9-11-26-13-16/h5-9,11,13H,3-4,10,12H2,1-2H3,(H,20,24)(H,21,23). The van der Waals surface area contributed by atoms with Gasteiger partial charge in [-0.15, -0.1) is 0 Å². The summed E-state index contributed by atoms with van der Waals surface area (Å²) in [4.78, 5) is 37.0. The van der Waals surface area contributed by atoms with E-state index in [0.29, 0.717) is 37.1 Å². The Balaban J connectivity index is 1.65. The SMILES string of the molecule is CN(C)C(=O)c1ccc(CNC(=O)CCCNC(=O)c2ccsc2)cc1. The maximum Gasteiger partial charge on any atom is 0.253 e. The maximum atomic E-state index is 11.9. The molecule has 6 nitrogen and oxygen atoms in total. The summed E-state index contributed by atoms with van der Waals surface area (Å²) in [6.07, 6.45) is 0.930. The van der Waals surface area contributed by atoms with E-state index < -0.39 is 0 Å². The van der Waals surface area contributed by atoms with Crippen LogP contribution >= 0.6 is 11.3 Å². The third kappa shape index (κ3) is 6.00. The predicted octanol–water partition coefficient (Wildman–Crippen LogP) is 2.28. The average Bonchev–Trinajstić information content (AvgIpc) is 3.18.